The first-order valence-corrected chi connectivity index (χ1v) is 5.05. The summed E-state index contributed by atoms with van der Waals surface area (Å²) in [6, 6.07) is 7.58. The predicted molar refractivity (Wildman–Crippen MR) is 60.2 cm³/mol. The van der Waals surface area contributed by atoms with Gasteiger partial charge in [0.1, 0.15) is 6.33 Å². The lowest BCUT2D eigenvalue weighted by Gasteiger charge is -1.96. The third-order valence-electron chi connectivity index (χ3n) is 2.16. The van der Waals surface area contributed by atoms with Crippen molar-refractivity contribution < 1.29 is 0 Å². The Morgan fingerprint density at radius 2 is 2.00 bits per heavy atom. The summed E-state index contributed by atoms with van der Waals surface area (Å²) in [5, 5.41) is 4.36. The topological polar surface area (TPSA) is 56.7 Å². The van der Waals surface area contributed by atoms with Crippen molar-refractivity contribution in [2.24, 2.45) is 0 Å². The van der Waals surface area contributed by atoms with Crippen LogP contribution in [-0.2, 0) is 6.54 Å². The summed E-state index contributed by atoms with van der Waals surface area (Å²) in [6.07, 6.45) is 2.82. The first kappa shape index (κ1) is 9.71. The molecule has 0 fully saturated rings. The molecule has 1 aromatic heterocycles. The highest BCUT2D eigenvalue weighted by Crippen LogP contribution is 2.15. The minimum atomic E-state index is 0.753. The molecule has 0 spiro atoms. The number of hydrogen-bond donors (Lipinski definition) is 1. The van der Waals surface area contributed by atoms with E-state index < -0.39 is 0 Å². The number of anilines is 1. The molecule has 1 aromatic carbocycles. The number of nitrogen functional groups attached to an aromatic ring is 1. The quantitative estimate of drug-likeness (QED) is 0.774. The van der Waals surface area contributed by atoms with Crippen LogP contribution in [0.2, 0.25) is 0 Å². The second-order valence-corrected chi connectivity index (χ2v) is 3.45. The van der Waals surface area contributed by atoms with E-state index in [1.54, 1.807) is 6.33 Å². The molecule has 0 saturated heterocycles. The van der Waals surface area contributed by atoms with Gasteiger partial charge in [0.25, 0.3) is 0 Å². The Labute approximate surface area is 88.8 Å². The molecular formula is C11H14N4. The Morgan fingerprint density at radius 1 is 1.27 bits per heavy atom. The zero-order valence-electron chi connectivity index (χ0n) is 8.72. The zero-order chi connectivity index (χ0) is 10.7. The molecule has 4 heteroatoms. The van der Waals surface area contributed by atoms with Crippen LogP contribution in [0.5, 0.6) is 0 Å². The second-order valence-electron chi connectivity index (χ2n) is 3.45. The van der Waals surface area contributed by atoms with Gasteiger partial charge in [-0.2, -0.15) is 5.10 Å². The van der Waals surface area contributed by atoms with Gasteiger partial charge in [-0.05, 0) is 30.7 Å². The molecule has 0 atom stereocenters. The van der Waals surface area contributed by atoms with Gasteiger partial charge >= 0.3 is 0 Å². The van der Waals surface area contributed by atoms with Crippen LogP contribution < -0.4 is 5.73 Å². The molecule has 0 saturated carbocycles. The third-order valence-corrected chi connectivity index (χ3v) is 2.16. The molecule has 0 bridgehead atoms. The van der Waals surface area contributed by atoms with E-state index in [9.17, 15) is 0 Å². The van der Waals surface area contributed by atoms with E-state index in [1.165, 1.54) is 0 Å². The van der Waals surface area contributed by atoms with E-state index in [2.05, 4.69) is 17.0 Å². The second kappa shape index (κ2) is 4.13. The number of nitrogens with two attached hydrogens (primary N) is 1. The average Bonchev–Trinajstić information content (AvgIpc) is 2.68. The highest BCUT2D eigenvalue weighted by molar-refractivity contribution is 5.57. The Kier molecular flexibility index (Phi) is 2.67. The molecule has 78 valence electrons. The van der Waals surface area contributed by atoms with Crippen molar-refractivity contribution in [2.75, 3.05) is 5.73 Å². The van der Waals surface area contributed by atoms with Gasteiger partial charge in [0, 0.05) is 17.8 Å². The fourth-order valence-corrected chi connectivity index (χ4v) is 1.40. The van der Waals surface area contributed by atoms with Crippen molar-refractivity contribution >= 4 is 5.69 Å². The van der Waals surface area contributed by atoms with E-state index in [1.807, 2.05) is 28.9 Å². The average molecular weight is 202 g/mol. The van der Waals surface area contributed by atoms with Gasteiger partial charge in [0.05, 0.1) is 0 Å². The first-order chi connectivity index (χ1) is 7.29. The van der Waals surface area contributed by atoms with Gasteiger partial charge in [0.2, 0.25) is 0 Å². The lowest BCUT2D eigenvalue weighted by atomic mass is 10.2. The fourth-order valence-electron chi connectivity index (χ4n) is 1.40. The van der Waals surface area contributed by atoms with Crippen LogP contribution in [0.4, 0.5) is 5.69 Å². The Hall–Kier alpha value is -1.84. The van der Waals surface area contributed by atoms with Crippen LogP contribution >= 0.6 is 0 Å². The molecule has 0 radical (unpaired) electrons. The minimum Gasteiger partial charge on any atom is -0.399 e. The van der Waals surface area contributed by atoms with Crippen molar-refractivity contribution in [1.82, 2.24) is 14.8 Å². The Balaban J connectivity index is 2.25. The summed E-state index contributed by atoms with van der Waals surface area (Å²) >= 11 is 0. The minimum absolute atomic E-state index is 0.753. The molecule has 2 rings (SSSR count). The molecule has 2 aromatic rings. The summed E-state index contributed by atoms with van der Waals surface area (Å²) in [7, 11) is 0. The van der Waals surface area contributed by atoms with Crippen molar-refractivity contribution in [3.05, 3.63) is 30.6 Å². The van der Waals surface area contributed by atoms with Crippen molar-refractivity contribution in [1.29, 1.82) is 0 Å². The van der Waals surface area contributed by atoms with Crippen LogP contribution in [0.25, 0.3) is 11.4 Å². The molecular weight excluding hydrogens is 188 g/mol. The molecule has 0 unspecified atom stereocenters. The monoisotopic (exact) mass is 202 g/mol. The largest absolute Gasteiger partial charge is 0.399 e. The van der Waals surface area contributed by atoms with Gasteiger partial charge in [-0.1, -0.05) is 6.92 Å². The van der Waals surface area contributed by atoms with E-state index in [0.717, 1.165) is 30.0 Å². The van der Waals surface area contributed by atoms with Gasteiger partial charge in [-0.25, -0.2) is 4.98 Å². The maximum absolute atomic E-state index is 5.61. The maximum Gasteiger partial charge on any atom is 0.181 e. The Bertz CT molecular complexity index is 430. The predicted octanol–water partition coefficient (Wildman–Crippen LogP) is 1.94. The summed E-state index contributed by atoms with van der Waals surface area (Å²) in [5.41, 5.74) is 7.37. The van der Waals surface area contributed by atoms with Crippen LogP contribution in [0.1, 0.15) is 13.3 Å². The molecule has 0 aliphatic rings. The summed E-state index contributed by atoms with van der Waals surface area (Å²) in [5.74, 6) is 0.753. The first-order valence-electron chi connectivity index (χ1n) is 5.05. The number of aromatic nitrogens is 3. The molecule has 0 aliphatic heterocycles. The van der Waals surface area contributed by atoms with Gasteiger partial charge in [0.15, 0.2) is 5.82 Å². The molecule has 15 heavy (non-hydrogen) atoms. The van der Waals surface area contributed by atoms with E-state index in [4.69, 9.17) is 5.73 Å². The van der Waals surface area contributed by atoms with Crippen LogP contribution in [0, 0.1) is 0 Å². The van der Waals surface area contributed by atoms with E-state index in [0.29, 0.717) is 0 Å². The zero-order valence-corrected chi connectivity index (χ0v) is 8.72. The van der Waals surface area contributed by atoms with E-state index >= 15 is 0 Å². The standard InChI is InChI=1S/C11H14N4/c1-2-7-15-8-13-11(14-15)9-3-5-10(12)6-4-9/h3-6,8H,2,7,12H2,1H3. The number of hydrogen-bond acceptors (Lipinski definition) is 3. The lowest BCUT2D eigenvalue weighted by Crippen LogP contribution is -1.96. The number of nitrogens with zero attached hydrogens (tertiary/aromatic N) is 3. The smallest absolute Gasteiger partial charge is 0.181 e. The van der Waals surface area contributed by atoms with Crippen molar-refractivity contribution in [3.63, 3.8) is 0 Å². The molecule has 0 amide bonds. The fraction of sp³-hybridized carbons (Fsp3) is 0.273. The SMILES string of the molecule is CCCn1cnc(-c2ccc(N)cc2)n1. The lowest BCUT2D eigenvalue weighted by molar-refractivity contribution is 0.602. The molecule has 1 heterocycles. The summed E-state index contributed by atoms with van der Waals surface area (Å²) in [4.78, 5) is 4.25. The summed E-state index contributed by atoms with van der Waals surface area (Å²) in [6.45, 7) is 3.02. The van der Waals surface area contributed by atoms with Crippen LogP contribution in [0.3, 0.4) is 0 Å². The van der Waals surface area contributed by atoms with Crippen LogP contribution in [0.15, 0.2) is 30.6 Å². The summed E-state index contributed by atoms with van der Waals surface area (Å²) < 4.78 is 1.85. The third kappa shape index (κ3) is 2.15. The molecule has 2 N–H and O–H groups in total. The van der Waals surface area contributed by atoms with Crippen molar-refractivity contribution in [3.8, 4) is 11.4 Å². The van der Waals surface area contributed by atoms with Gasteiger partial charge in [-0.3, -0.25) is 4.68 Å². The molecule has 0 aliphatic carbocycles. The molecule has 4 nitrogen and oxygen atoms in total. The highest BCUT2D eigenvalue weighted by Gasteiger charge is 2.02. The van der Waals surface area contributed by atoms with Crippen molar-refractivity contribution in [2.45, 2.75) is 19.9 Å². The number of benzene rings is 1. The van der Waals surface area contributed by atoms with E-state index in [-0.39, 0.29) is 0 Å². The van der Waals surface area contributed by atoms with Crippen LogP contribution in [-0.4, -0.2) is 14.8 Å². The highest BCUT2D eigenvalue weighted by atomic mass is 15.3. The normalized spacial score (nSPS) is 10.5. The Morgan fingerprint density at radius 3 is 2.67 bits per heavy atom. The maximum atomic E-state index is 5.61. The van der Waals surface area contributed by atoms with Gasteiger partial charge in [-0.15, -0.1) is 0 Å². The number of rotatable bonds is 3. The van der Waals surface area contributed by atoms with Gasteiger partial charge < -0.3 is 5.73 Å². The number of aryl methyl sites for hydroxylation is 1.